The van der Waals surface area contributed by atoms with Crippen LogP contribution >= 0.6 is 11.5 Å². The first-order chi connectivity index (χ1) is 17.1. The molecule has 0 aliphatic heterocycles. The van der Waals surface area contributed by atoms with Crippen LogP contribution in [0, 0.1) is 6.92 Å². The van der Waals surface area contributed by atoms with Crippen molar-refractivity contribution in [1.82, 2.24) is 14.9 Å². The van der Waals surface area contributed by atoms with Crippen LogP contribution < -0.4 is 10.2 Å². The highest BCUT2D eigenvalue weighted by Gasteiger charge is 2.37. The number of fused-ring (bicyclic) bond motifs is 1. The molecule has 2 heterocycles. The average Bonchev–Trinajstić information content (AvgIpc) is 3.58. The summed E-state index contributed by atoms with van der Waals surface area (Å²) in [6, 6.07) is 25.4. The van der Waals surface area contributed by atoms with E-state index in [-0.39, 0.29) is 11.6 Å². The summed E-state index contributed by atoms with van der Waals surface area (Å²) >= 11 is 1.08. The van der Waals surface area contributed by atoms with E-state index in [0.717, 1.165) is 27.9 Å². The zero-order valence-corrected chi connectivity index (χ0v) is 19.7. The van der Waals surface area contributed by atoms with Crippen LogP contribution in [0.25, 0.3) is 10.8 Å². The predicted octanol–water partition coefficient (Wildman–Crippen LogP) is 5.30. The fourth-order valence-electron chi connectivity index (χ4n) is 4.02. The van der Waals surface area contributed by atoms with Gasteiger partial charge in [-0.2, -0.15) is 0 Å². The van der Waals surface area contributed by atoms with Crippen LogP contribution in [0.15, 0.2) is 94.7 Å². The van der Waals surface area contributed by atoms with E-state index in [2.05, 4.69) is 14.9 Å². The second kappa shape index (κ2) is 9.90. The molecular formula is C27H22N4O3S. The summed E-state index contributed by atoms with van der Waals surface area (Å²) in [6.45, 7) is 2.11. The maximum Gasteiger partial charge on any atom is 0.280 e. The molecule has 0 saturated carbocycles. The molecule has 0 saturated heterocycles. The molecule has 1 atom stereocenters. The van der Waals surface area contributed by atoms with Gasteiger partial charge in [0.05, 0.1) is 5.69 Å². The minimum absolute atomic E-state index is 0.159. The van der Waals surface area contributed by atoms with E-state index in [1.807, 2.05) is 72.8 Å². The first-order valence-corrected chi connectivity index (χ1v) is 11.9. The third-order valence-corrected chi connectivity index (χ3v) is 6.18. The van der Waals surface area contributed by atoms with Crippen molar-refractivity contribution >= 4 is 39.8 Å². The van der Waals surface area contributed by atoms with E-state index in [0.29, 0.717) is 23.8 Å². The number of aromatic nitrogens is 2. The number of nitrogens with one attached hydrogen (secondary N) is 1. The Hall–Kier alpha value is -4.30. The molecule has 35 heavy (non-hydrogen) atoms. The standard InChI is InChI=1S/C27H22N4O3S/c1-18-14-15-24(34-18)25(26(32)28-16-19-8-3-2-4-9-19)31(27(33)22-17-35-30-29-22)23-13-7-11-20-10-5-6-12-21(20)23/h2-15,17,25H,16H2,1H3,(H,28,32)/t25-/m0/s1. The lowest BCUT2D eigenvalue weighted by molar-refractivity contribution is -0.123. The Morgan fingerprint density at radius 3 is 2.49 bits per heavy atom. The second-order valence-corrected chi connectivity index (χ2v) is 8.63. The normalized spacial score (nSPS) is 11.8. The zero-order valence-electron chi connectivity index (χ0n) is 18.9. The molecule has 0 unspecified atom stereocenters. The van der Waals surface area contributed by atoms with E-state index in [1.165, 1.54) is 4.90 Å². The minimum atomic E-state index is -1.06. The highest BCUT2D eigenvalue weighted by molar-refractivity contribution is 7.03. The molecule has 0 bridgehead atoms. The predicted molar refractivity (Wildman–Crippen MR) is 135 cm³/mol. The van der Waals surface area contributed by atoms with Gasteiger partial charge in [0.2, 0.25) is 0 Å². The van der Waals surface area contributed by atoms with Crippen molar-refractivity contribution in [1.29, 1.82) is 0 Å². The molecule has 7 nitrogen and oxygen atoms in total. The average molecular weight is 483 g/mol. The lowest BCUT2D eigenvalue weighted by Crippen LogP contribution is -2.44. The Bertz CT molecular complexity index is 1460. The molecule has 2 aromatic heterocycles. The first-order valence-electron chi connectivity index (χ1n) is 11.1. The second-order valence-electron chi connectivity index (χ2n) is 8.02. The van der Waals surface area contributed by atoms with Crippen LogP contribution in [0.2, 0.25) is 0 Å². The Balaban J connectivity index is 1.63. The van der Waals surface area contributed by atoms with Gasteiger partial charge in [-0.25, -0.2) is 0 Å². The van der Waals surface area contributed by atoms with Gasteiger partial charge in [0, 0.05) is 17.3 Å². The van der Waals surface area contributed by atoms with Gasteiger partial charge in [-0.3, -0.25) is 14.5 Å². The Kier molecular flexibility index (Phi) is 6.36. The van der Waals surface area contributed by atoms with E-state index in [1.54, 1.807) is 24.4 Å². The molecule has 0 fully saturated rings. The maximum absolute atomic E-state index is 13.9. The van der Waals surface area contributed by atoms with E-state index < -0.39 is 11.9 Å². The number of anilines is 1. The maximum atomic E-state index is 13.9. The van der Waals surface area contributed by atoms with Gasteiger partial charge < -0.3 is 9.73 Å². The lowest BCUT2D eigenvalue weighted by atomic mass is 10.0. The Morgan fingerprint density at radius 2 is 1.74 bits per heavy atom. The molecule has 5 aromatic rings. The number of aryl methyl sites for hydroxylation is 1. The van der Waals surface area contributed by atoms with Crippen LogP contribution in [0.3, 0.4) is 0 Å². The molecule has 1 N–H and O–H groups in total. The van der Waals surface area contributed by atoms with E-state index >= 15 is 0 Å². The number of benzene rings is 3. The van der Waals surface area contributed by atoms with Gasteiger partial charge in [0.25, 0.3) is 11.8 Å². The van der Waals surface area contributed by atoms with Gasteiger partial charge in [-0.15, -0.1) is 5.10 Å². The number of carbonyl (C=O) groups is 2. The fraction of sp³-hybridized carbons (Fsp3) is 0.111. The number of carbonyl (C=O) groups excluding carboxylic acids is 2. The van der Waals surface area contributed by atoms with Gasteiger partial charge in [-0.1, -0.05) is 71.2 Å². The van der Waals surface area contributed by atoms with Crippen molar-refractivity contribution < 1.29 is 14.0 Å². The monoisotopic (exact) mass is 482 g/mol. The highest BCUT2D eigenvalue weighted by Crippen LogP contribution is 2.35. The van der Waals surface area contributed by atoms with E-state index in [4.69, 9.17) is 4.42 Å². The number of amides is 2. The summed E-state index contributed by atoms with van der Waals surface area (Å²) in [4.78, 5) is 29.1. The van der Waals surface area contributed by atoms with Crippen molar-refractivity contribution in [2.24, 2.45) is 0 Å². The third kappa shape index (κ3) is 4.69. The molecule has 8 heteroatoms. The molecule has 0 aliphatic rings. The van der Waals surface area contributed by atoms with Crippen molar-refractivity contribution in [3.05, 3.63) is 113 Å². The van der Waals surface area contributed by atoms with Crippen molar-refractivity contribution in [3.8, 4) is 0 Å². The van der Waals surface area contributed by atoms with Gasteiger partial charge in [-0.05, 0) is 47.6 Å². The SMILES string of the molecule is Cc1ccc([C@@H](C(=O)NCc2ccccc2)N(C(=O)c2csnn2)c2cccc3ccccc23)o1. The summed E-state index contributed by atoms with van der Waals surface area (Å²) in [7, 11) is 0. The van der Waals surface area contributed by atoms with Crippen molar-refractivity contribution in [2.75, 3.05) is 4.90 Å². The van der Waals surface area contributed by atoms with Crippen LogP contribution in [0.4, 0.5) is 5.69 Å². The molecule has 174 valence electrons. The first kappa shape index (κ1) is 22.5. The summed E-state index contributed by atoms with van der Waals surface area (Å²) in [5, 5.41) is 10.3. The Morgan fingerprint density at radius 1 is 0.971 bits per heavy atom. The number of nitrogens with zero attached hydrogens (tertiary/aromatic N) is 3. The lowest BCUT2D eigenvalue weighted by Gasteiger charge is -2.30. The van der Waals surface area contributed by atoms with Gasteiger partial charge in [0.15, 0.2) is 11.7 Å². The Labute approximate surface area is 206 Å². The zero-order chi connectivity index (χ0) is 24.2. The smallest absolute Gasteiger partial charge is 0.280 e. The number of hydrogen-bond acceptors (Lipinski definition) is 6. The molecule has 2 amide bonds. The molecule has 0 radical (unpaired) electrons. The molecule has 5 rings (SSSR count). The minimum Gasteiger partial charge on any atom is -0.464 e. The summed E-state index contributed by atoms with van der Waals surface area (Å²) in [6.07, 6.45) is 0. The fourth-order valence-corrected chi connectivity index (χ4v) is 4.45. The van der Waals surface area contributed by atoms with Crippen LogP contribution in [-0.4, -0.2) is 21.4 Å². The molecule has 0 aliphatic carbocycles. The summed E-state index contributed by atoms with van der Waals surface area (Å²) < 4.78 is 9.77. The molecule has 0 spiro atoms. The largest absolute Gasteiger partial charge is 0.464 e. The van der Waals surface area contributed by atoms with Crippen molar-refractivity contribution in [3.63, 3.8) is 0 Å². The van der Waals surface area contributed by atoms with Gasteiger partial charge >= 0.3 is 0 Å². The van der Waals surface area contributed by atoms with Crippen LogP contribution in [-0.2, 0) is 11.3 Å². The van der Waals surface area contributed by atoms with Crippen LogP contribution in [0.1, 0.15) is 33.6 Å². The van der Waals surface area contributed by atoms with E-state index in [9.17, 15) is 9.59 Å². The third-order valence-electron chi connectivity index (χ3n) is 5.67. The van der Waals surface area contributed by atoms with Crippen molar-refractivity contribution in [2.45, 2.75) is 19.5 Å². The van der Waals surface area contributed by atoms with Crippen LogP contribution in [0.5, 0.6) is 0 Å². The van der Waals surface area contributed by atoms with Gasteiger partial charge in [0.1, 0.15) is 11.5 Å². The number of furan rings is 1. The molecular weight excluding hydrogens is 460 g/mol. The molecule has 3 aromatic carbocycles. The number of hydrogen-bond donors (Lipinski definition) is 1. The topological polar surface area (TPSA) is 88.3 Å². The summed E-state index contributed by atoms with van der Waals surface area (Å²) in [5.74, 6) is 0.190. The quantitative estimate of drug-likeness (QED) is 0.340. The number of rotatable bonds is 7. The highest BCUT2D eigenvalue weighted by atomic mass is 32.1. The summed E-state index contributed by atoms with van der Waals surface area (Å²) in [5.41, 5.74) is 1.68.